The van der Waals surface area contributed by atoms with Gasteiger partial charge in [-0.1, -0.05) is 47.5 Å². The van der Waals surface area contributed by atoms with Crippen LogP contribution in [-0.2, 0) is 14.3 Å². The van der Waals surface area contributed by atoms with E-state index in [0.717, 1.165) is 17.4 Å². The predicted octanol–water partition coefficient (Wildman–Crippen LogP) is 3.57. The van der Waals surface area contributed by atoms with Gasteiger partial charge < -0.3 is 4.18 Å². The number of aryl methyl sites for hydroxylation is 2. The fraction of sp³-hybridized carbons (Fsp3) is 0.118. The van der Waals surface area contributed by atoms with Crippen LogP contribution in [0.25, 0.3) is 5.57 Å². The molecule has 0 aliphatic rings. The van der Waals surface area contributed by atoms with Crippen LogP contribution in [0.5, 0.6) is 0 Å². The summed E-state index contributed by atoms with van der Waals surface area (Å²) in [6.45, 7) is 3.79. The van der Waals surface area contributed by atoms with Crippen LogP contribution in [0.3, 0.4) is 0 Å². The van der Waals surface area contributed by atoms with Gasteiger partial charge in [0.2, 0.25) is 0 Å². The Hall–Kier alpha value is -2.58. The molecule has 4 nitrogen and oxygen atoms in total. The Morgan fingerprint density at radius 3 is 2.00 bits per heavy atom. The topological polar surface area (TPSA) is 67.2 Å². The van der Waals surface area contributed by atoms with E-state index in [-0.39, 0.29) is 10.5 Å². The summed E-state index contributed by atoms with van der Waals surface area (Å²) in [6.07, 6.45) is 0.972. The second kappa shape index (κ2) is 6.46. The summed E-state index contributed by atoms with van der Waals surface area (Å²) in [5.74, 6) is 0. The van der Waals surface area contributed by atoms with Gasteiger partial charge in [-0.15, -0.1) is 0 Å². The maximum atomic E-state index is 12.1. The molecule has 2 aromatic carbocycles. The van der Waals surface area contributed by atoms with E-state index < -0.39 is 10.1 Å². The third-order valence-electron chi connectivity index (χ3n) is 3.09. The summed E-state index contributed by atoms with van der Waals surface area (Å²) >= 11 is 0. The molecule has 0 aliphatic heterocycles. The van der Waals surface area contributed by atoms with Gasteiger partial charge in [0.15, 0.2) is 0 Å². The molecule has 0 bridgehead atoms. The number of nitriles is 1. The van der Waals surface area contributed by atoms with Crippen LogP contribution in [0.1, 0.15) is 16.7 Å². The van der Waals surface area contributed by atoms with Crippen molar-refractivity contribution in [2.75, 3.05) is 0 Å². The van der Waals surface area contributed by atoms with Crippen molar-refractivity contribution in [2.45, 2.75) is 18.7 Å². The van der Waals surface area contributed by atoms with Crippen molar-refractivity contribution < 1.29 is 12.6 Å². The third kappa shape index (κ3) is 3.74. The van der Waals surface area contributed by atoms with Crippen LogP contribution in [0.2, 0.25) is 0 Å². The van der Waals surface area contributed by atoms with E-state index in [1.54, 1.807) is 24.3 Å². The van der Waals surface area contributed by atoms with Gasteiger partial charge in [-0.25, -0.2) is 0 Å². The lowest BCUT2D eigenvalue weighted by atomic mass is 10.1. The highest BCUT2D eigenvalue weighted by molar-refractivity contribution is 7.86. The molecule has 0 fully saturated rings. The molecule has 0 aromatic heterocycles. The molecule has 2 aromatic rings. The predicted molar refractivity (Wildman–Crippen MR) is 84.2 cm³/mol. The summed E-state index contributed by atoms with van der Waals surface area (Å²) in [4.78, 5) is 0.0514. The van der Waals surface area contributed by atoms with E-state index in [1.165, 1.54) is 12.1 Å². The van der Waals surface area contributed by atoms with Crippen LogP contribution in [0.15, 0.2) is 59.7 Å². The Balaban J connectivity index is 2.26. The molecule has 0 saturated carbocycles. The molecule has 0 unspecified atom stereocenters. The average Bonchev–Trinajstić information content (AvgIpc) is 2.50. The zero-order chi connectivity index (χ0) is 16.2. The second-order valence-electron chi connectivity index (χ2n) is 4.87. The first kappa shape index (κ1) is 15.8. The van der Waals surface area contributed by atoms with Crippen molar-refractivity contribution in [3.05, 3.63) is 71.5 Å². The molecule has 22 heavy (non-hydrogen) atoms. The van der Waals surface area contributed by atoms with Gasteiger partial charge in [0.25, 0.3) is 0 Å². The normalized spacial score (nSPS) is 11.8. The molecule has 0 radical (unpaired) electrons. The van der Waals surface area contributed by atoms with Crippen LogP contribution in [0.4, 0.5) is 0 Å². The van der Waals surface area contributed by atoms with Gasteiger partial charge in [0.1, 0.15) is 17.2 Å². The molecular formula is C17H15NO3S. The van der Waals surface area contributed by atoms with Gasteiger partial charge in [-0.05, 0) is 31.5 Å². The van der Waals surface area contributed by atoms with Gasteiger partial charge in [0.05, 0.1) is 5.57 Å². The lowest BCUT2D eigenvalue weighted by Gasteiger charge is -2.05. The third-order valence-corrected chi connectivity index (χ3v) is 4.28. The molecule has 0 N–H and O–H groups in total. The van der Waals surface area contributed by atoms with E-state index >= 15 is 0 Å². The van der Waals surface area contributed by atoms with E-state index in [0.29, 0.717) is 5.56 Å². The zero-order valence-corrected chi connectivity index (χ0v) is 13.1. The Kier molecular flexibility index (Phi) is 4.64. The monoisotopic (exact) mass is 313 g/mol. The molecule has 0 atom stereocenters. The van der Waals surface area contributed by atoms with Crippen LogP contribution in [-0.4, -0.2) is 8.42 Å². The highest BCUT2D eigenvalue weighted by atomic mass is 32.2. The highest BCUT2D eigenvalue weighted by Gasteiger charge is 2.14. The minimum absolute atomic E-state index is 0.0514. The summed E-state index contributed by atoms with van der Waals surface area (Å²) < 4.78 is 29.0. The minimum atomic E-state index is -3.93. The largest absolute Gasteiger partial charge is 0.385 e. The van der Waals surface area contributed by atoms with Crippen LogP contribution < -0.4 is 0 Å². The van der Waals surface area contributed by atoms with E-state index in [1.807, 2.05) is 32.0 Å². The summed E-state index contributed by atoms with van der Waals surface area (Å²) in [5.41, 5.74) is 2.75. The highest BCUT2D eigenvalue weighted by Crippen LogP contribution is 2.18. The molecular weight excluding hydrogens is 298 g/mol. The number of allylic oxidation sites excluding steroid dienone is 1. The standard InChI is InChI=1S/C17H15NO3S/c1-13-3-7-15(8-4-13)16(11-18)12-21-22(19,20)17-9-5-14(2)6-10-17/h3-10,12H,1-2H3/b16-12+. The number of hydrogen-bond donors (Lipinski definition) is 0. The lowest BCUT2D eigenvalue weighted by Crippen LogP contribution is -2.02. The fourth-order valence-electron chi connectivity index (χ4n) is 1.76. The van der Waals surface area contributed by atoms with Crippen molar-refractivity contribution in [2.24, 2.45) is 0 Å². The van der Waals surface area contributed by atoms with E-state index in [4.69, 9.17) is 9.44 Å². The van der Waals surface area contributed by atoms with Gasteiger partial charge in [-0.3, -0.25) is 0 Å². The zero-order valence-electron chi connectivity index (χ0n) is 12.3. The number of benzene rings is 2. The summed E-state index contributed by atoms with van der Waals surface area (Å²) in [6, 6.07) is 15.4. The summed E-state index contributed by atoms with van der Waals surface area (Å²) in [5, 5.41) is 9.16. The maximum Gasteiger partial charge on any atom is 0.338 e. The minimum Gasteiger partial charge on any atom is -0.385 e. The summed E-state index contributed by atoms with van der Waals surface area (Å²) in [7, 11) is -3.93. The van der Waals surface area contributed by atoms with Gasteiger partial charge >= 0.3 is 10.1 Å². The van der Waals surface area contributed by atoms with E-state index in [2.05, 4.69) is 0 Å². The lowest BCUT2D eigenvalue weighted by molar-refractivity contribution is 0.445. The maximum absolute atomic E-state index is 12.1. The Morgan fingerprint density at radius 2 is 1.50 bits per heavy atom. The van der Waals surface area contributed by atoms with Crippen LogP contribution >= 0.6 is 0 Å². The van der Waals surface area contributed by atoms with Crippen molar-refractivity contribution in [1.29, 1.82) is 5.26 Å². The van der Waals surface area contributed by atoms with Crippen molar-refractivity contribution in [3.63, 3.8) is 0 Å². The Labute approximate surface area is 130 Å². The van der Waals surface area contributed by atoms with Crippen molar-refractivity contribution in [1.82, 2.24) is 0 Å². The molecule has 112 valence electrons. The number of rotatable bonds is 4. The number of nitrogens with zero attached hydrogens (tertiary/aromatic N) is 1. The molecule has 0 amide bonds. The second-order valence-corrected chi connectivity index (χ2v) is 6.44. The fourth-order valence-corrected chi connectivity index (χ4v) is 2.57. The van der Waals surface area contributed by atoms with Gasteiger partial charge in [0, 0.05) is 0 Å². The smallest absolute Gasteiger partial charge is 0.338 e. The van der Waals surface area contributed by atoms with Crippen LogP contribution in [0, 0.1) is 25.2 Å². The molecule has 0 saturated heterocycles. The average molecular weight is 313 g/mol. The first-order chi connectivity index (χ1) is 10.4. The van der Waals surface area contributed by atoms with Gasteiger partial charge in [-0.2, -0.15) is 13.7 Å². The van der Waals surface area contributed by atoms with E-state index in [9.17, 15) is 8.42 Å². The quantitative estimate of drug-likeness (QED) is 0.491. The first-order valence-corrected chi connectivity index (χ1v) is 8.00. The molecule has 5 heteroatoms. The Bertz CT molecular complexity index is 827. The molecule has 0 spiro atoms. The van der Waals surface area contributed by atoms with Crippen molar-refractivity contribution >= 4 is 15.7 Å². The first-order valence-electron chi connectivity index (χ1n) is 6.59. The Morgan fingerprint density at radius 1 is 1.00 bits per heavy atom. The molecule has 2 rings (SSSR count). The van der Waals surface area contributed by atoms with Crippen molar-refractivity contribution in [3.8, 4) is 6.07 Å². The molecule has 0 heterocycles. The number of hydrogen-bond acceptors (Lipinski definition) is 4. The molecule has 0 aliphatic carbocycles. The SMILES string of the molecule is Cc1ccc(/C(C#N)=C/OS(=O)(=O)c2ccc(C)cc2)cc1.